The molecule has 0 fully saturated rings. The Morgan fingerprint density at radius 3 is 2.13 bits per heavy atom. The first-order valence-electron chi connectivity index (χ1n) is 10.0. The van der Waals surface area contributed by atoms with Crippen LogP contribution in [0, 0.1) is 13.8 Å². The van der Waals surface area contributed by atoms with E-state index in [2.05, 4.69) is 16.0 Å². The van der Waals surface area contributed by atoms with Gasteiger partial charge in [0.25, 0.3) is 5.91 Å². The van der Waals surface area contributed by atoms with E-state index >= 15 is 0 Å². The highest BCUT2D eigenvalue weighted by Gasteiger charge is 2.17. The molecule has 0 bridgehead atoms. The van der Waals surface area contributed by atoms with Crippen molar-refractivity contribution in [3.8, 4) is 0 Å². The lowest BCUT2D eigenvalue weighted by molar-refractivity contribution is -0.136. The molecule has 6 nitrogen and oxygen atoms in total. The highest BCUT2D eigenvalue weighted by atomic mass is 16.2. The molecule has 6 heteroatoms. The Morgan fingerprint density at radius 1 is 0.710 bits per heavy atom. The molecule has 0 spiro atoms. The summed E-state index contributed by atoms with van der Waals surface area (Å²) in [5.74, 6) is -1.93. The van der Waals surface area contributed by atoms with Crippen molar-refractivity contribution in [2.45, 2.75) is 26.9 Å². The molecule has 3 rings (SSSR count). The van der Waals surface area contributed by atoms with Gasteiger partial charge in [0, 0.05) is 13.1 Å². The van der Waals surface area contributed by atoms with Gasteiger partial charge in [0.1, 0.15) is 0 Å². The van der Waals surface area contributed by atoms with Crippen LogP contribution < -0.4 is 16.0 Å². The van der Waals surface area contributed by atoms with Crippen LogP contribution in [0.1, 0.15) is 32.6 Å². The van der Waals surface area contributed by atoms with Crippen molar-refractivity contribution in [1.82, 2.24) is 10.6 Å². The normalized spacial score (nSPS) is 10.3. The predicted molar refractivity (Wildman–Crippen MR) is 120 cm³/mol. The summed E-state index contributed by atoms with van der Waals surface area (Å²) in [6.45, 7) is 4.56. The highest BCUT2D eigenvalue weighted by molar-refractivity contribution is 6.40. The average molecular weight is 415 g/mol. The van der Waals surface area contributed by atoms with Gasteiger partial charge in [-0.3, -0.25) is 14.4 Å². The van der Waals surface area contributed by atoms with Crippen LogP contribution in [-0.2, 0) is 22.7 Å². The van der Waals surface area contributed by atoms with E-state index in [9.17, 15) is 14.4 Å². The summed E-state index contributed by atoms with van der Waals surface area (Å²) in [4.78, 5) is 37.2. The maximum atomic E-state index is 12.7. The number of carbonyl (C=O) groups excluding carboxylic acids is 3. The van der Waals surface area contributed by atoms with E-state index in [1.165, 1.54) is 0 Å². The van der Waals surface area contributed by atoms with Crippen molar-refractivity contribution < 1.29 is 14.4 Å². The molecule has 0 aliphatic carbocycles. The van der Waals surface area contributed by atoms with Crippen molar-refractivity contribution in [2.75, 3.05) is 5.32 Å². The van der Waals surface area contributed by atoms with Crippen LogP contribution in [0.25, 0.3) is 0 Å². The molecule has 0 saturated heterocycles. The van der Waals surface area contributed by atoms with E-state index in [0.717, 1.165) is 22.3 Å². The minimum atomic E-state index is -0.828. The van der Waals surface area contributed by atoms with Gasteiger partial charge in [-0.15, -0.1) is 0 Å². The quantitative estimate of drug-likeness (QED) is 0.539. The van der Waals surface area contributed by atoms with E-state index in [0.29, 0.717) is 6.54 Å². The molecule has 3 N–H and O–H groups in total. The van der Waals surface area contributed by atoms with E-state index < -0.39 is 11.8 Å². The fraction of sp³-hybridized carbons (Fsp3) is 0.160. The maximum absolute atomic E-state index is 12.7. The van der Waals surface area contributed by atoms with Crippen molar-refractivity contribution in [3.05, 3.63) is 101 Å². The Kier molecular flexibility index (Phi) is 7.17. The number of nitrogens with one attached hydrogen (secondary N) is 3. The van der Waals surface area contributed by atoms with Crippen molar-refractivity contribution in [2.24, 2.45) is 0 Å². The lowest BCUT2D eigenvalue weighted by atomic mass is 10.1. The minimum absolute atomic E-state index is 0.241. The van der Waals surface area contributed by atoms with Crippen molar-refractivity contribution in [1.29, 1.82) is 0 Å². The topological polar surface area (TPSA) is 87.3 Å². The summed E-state index contributed by atoms with van der Waals surface area (Å²) >= 11 is 0. The standard InChI is InChI=1S/C25H25N3O3/c1-17-11-13-19(14-12-17)15-26-24(30)25(31)28-22-10-6-5-9-21(22)23(29)27-16-20-8-4-3-7-18(20)2/h3-14H,15-16H2,1-2H3,(H,26,30)(H,27,29)(H,28,31). The molecule has 0 atom stereocenters. The SMILES string of the molecule is Cc1ccc(CNC(=O)C(=O)Nc2ccccc2C(=O)NCc2ccccc2C)cc1. The van der Waals surface area contributed by atoms with Gasteiger partial charge in [-0.25, -0.2) is 0 Å². The van der Waals surface area contributed by atoms with Crippen LogP contribution in [0.3, 0.4) is 0 Å². The van der Waals surface area contributed by atoms with Gasteiger partial charge < -0.3 is 16.0 Å². The summed E-state index contributed by atoms with van der Waals surface area (Å²) < 4.78 is 0. The number of para-hydroxylation sites is 1. The molecule has 3 amide bonds. The van der Waals surface area contributed by atoms with Crippen LogP contribution in [0.15, 0.2) is 72.8 Å². The Labute approximate surface area is 181 Å². The Hall–Kier alpha value is -3.93. The zero-order chi connectivity index (χ0) is 22.2. The predicted octanol–water partition coefficient (Wildman–Crippen LogP) is 3.49. The number of anilines is 1. The summed E-state index contributed by atoms with van der Waals surface area (Å²) in [5, 5.41) is 7.98. The number of carbonyl (C=O) groups is 3. The zero-order valence-electron chi connectivity index (χ0n) is 17.6. The van der Waals surface area contributed by atoms with Gasteiger partial charge in [0.05, 0.1) is 11.3 Å². The molecule has 0 aliphatic rings. The monoisotopic (exact) mass is 415 g/mol. The second-order valence-corrected chi connectivity index (χ2v) is 7.28. The first-order chi connectivity index (χ1) is 14.9. The number of benzene rings is 3. The Bertz CT molecular complexity index is 1090. The van der Waals surface area contributed by atoms with E-state index in [1.54, 1.807) is 24.3 Å². The van der Waals surface area contributed by atoms with Crippen molar-refractivity contribution in [3.63, 3.8) is 0 Å². The molecule has 0 aliphatic heterocycles. The summed E-state index contributed by atoms with van der Waals surface area (Å²) in [6.07, 6.45) is 0. The van der Waals surface area contributed by atoms with Crippen LogP contribution in [0.4, 0.5) is 5.69 Å². The molecule has 3 aromatic carbocycles. The lowest BCUT2D eigenvalue weighted by Gasteiger charge is -2.12. The fourth-order valence-electron chi connectivity index (χ4n) is 3.02. The molecule has 0 heterocycles. The van der Waals surface area contributed by atoms with Gasteiger partial charge >= 0.3 is 11.8 Å². The lowest BCUT2D eigenvalue weighted by Crippen LogP contribution is -2.35. The number of aryl methyl sites for hydroxylation is 2. The van der Waals surface area contributed by atoms with Crippen LogP contribution in [-0.4, -0.2) is 17.7 Å². The largest absolute Gasteiger partial charge is 0.348 e. The number of hydrogen-bond acceptors (Lipinski definition) is 3. The minimum Gasteiger partial charge on any atom is -0.348 e. The smallest absolute Gasteiger partial charge is 0.313 e. The fourth-order valence-corrected chi connectivity index (χ4v) is 3.02. The second kappa shape index (κ2) is 10.2. The molecular weight excluding hydrogens is 390 g/mol. The number of amides is 3. The third-order valence-electron chi connectivity index (χ3n) is 4.90. The Morgan fingerprint density at radius 2 is 1.39 bits per heavy atom. The molecule has 31 heavy (non-hydrogen) atoms. The first-order valence-corrected chi connectivity index (χ1v) is 10.0. The summed E-state index contributed by atoms with van der Waals surface area (Å²) in [5.41, 5.74) is 4.66. The van der Waals surface area contributed by atoms with E-state index in [1.807, 2.05) is 62.4 Å². The van der Waals surface area contributed by atoms with Gasteiger partial charge in [0.15, 0.2) is 0 Å². The maximum Gasteiger partial charge on any atom is 0.313 e. The van der Waals surface area contributed by atoms with E-state index in [-0.39, 0.29) is 23.7 Å². The van der Waals surface area contributed by atoms with Gasteiger partial charge in [0.2, 0.25) is 0 Å². The summed E-state index contributed by atoms with van der Waals surface area (Å²) in [6, 6.07) is 22.0. The first kappa shape index (κ1) is 21.8. The third kappa shape index (κ3) is 6.02. The molecule has 158 valence electrons. The average Bonchev–Trinajstić information content (AvgIpc) is 2.78. The highest BCUT2D eigenvalue weighted by Crippen LogP contribution is 2.15. The number of rotatable bonds is 6. The second-order valence-electron chi connectivity index (χ2n) is 7.28. The van der Waals surface area contributed by atoms with Crippen molar-refractivity contribution >= 4 is 23.4 Å². The van der Waals surface area contributed by atoms with Gasteiger partial charge in [-0.2, -0.15) is 0 Å². The molecular formula is C25H25N3O3. The third-order valence-corrected chi connectivity index (χ3v) is 4.90. The molecule has 0 unspecified atom stereocenters. The molecule has 3 aromatic rings. The Balaban J connectivity index is 1.60. The van der Waals surface area contributed by atoms with Crippen LogP contribution in [0.2, 0.25) is 0 Å². The van der Waals surface area contributed by atoms with Gasteiger partial charge in [-0.1, -0.05) is 66.2 Å². The number of hydrogen-bond donors (Lipinski definition) is 3. The van der Waals surface area contributed by atoms with Gasteiger partial charge in [-0.05, 0) is 42.7 Å². The molecule has 0 radical (unpaired) electrons. The molecule has 0 aromatic heterocycles. The zero-order valence-corrected chi connectivity index (χ0v) is 17.6. The van der Waals surface area contributed by atoms with E-state index in [4.69, 9.17) is 0 Å². The van der Waals surface area contributed by atoms with Crippen LogP contribution in [0.5, 0.6) is 0 Å². The molecule has 0 saturated carbocycles. The summed E-state index contributed by atoms with van der Waals surface area (Å²) in [7, 11) is 0. The van der Waals surface area contributed by atoms with Crippen LogP contribution >= 0.6 is 0 Å².